The zero-order chi connectivity index (χ0) is 19.4. The summed E-state index contributed by atoms with van der Waals surface area (Å²) in [5.74, 6) is 0.324. The SMILES string of the molecule is COc1ccc(NC(=O)Oc2cccc3c2C(CCC(=O)O)CN3C)cc1. The summed E-state index contributed by atoms with van der Waals surface area (Å²) < 4.78 is 10.6. The van der Waals surface area contributed by atoms with Gasteiger partial charge >= 0.3 is 12.1 Å². The second-order valence-corrected chi connectivity index (χ2v) is 6.44. The minimum absolute atomic E-state index is 0.00564. The van der Waals surface area contributed by atoms with Crippen LogP contribution in [0.4, 0.5) is 16.2 Å². The van der Waals surface area contributed by atoms with Crippen molar-refractivity contribution in [2.75, 3.05) is 30.9 Å². The second-order valence-electron chi connectivity index (χ2n) is 6.44. The molecule has 2 aromatic carbocycles. The summed E-state index contributed by atoms with van der Waals surface area (Å²) in [5.41, 5.74) is 2.43. The van der Waals surface area contributed by atoms with Crippen LogP contribution in [0.1, 0.15) is 24.3 Å². The summed E-state index contributed by atoms with van der Waals surface area (Å²) in [5, 5.41) is 11.7. The maximum absolute atomic E-state index is 12.3. The predicted molar refractivity (Wildman–Crippen MR) is 102 cm³/mol. The van der Waals surface area contributed by atoms with Crippen molar-refractivity contribution in [3.63, 3.8) is 0 Å². The number of fused-ring (bicyclic) bond motifs is 1. The normalized spacial score (nSPS) is 15.2. The number of carboxylic acids is 1. The highest BCUT2D eigenvalue weighted by atomic mass is 16.6. The lowest BCUT2D eigenvalue weighted by atomic mass is 9.95. The Labute approximate surface area is 157 Å². The lowest BCUT2D eigenvalue weighted by molar-refractivity contribution is -0.137. The maximum atomic E-state index is 12.3. The largest absolute Gasteiger partial charge is 0.497 e. The third-order valence-corrected chi connectivity index (χ3v) is 4.60. The van der Waals surface area contributed by atoms with Crippen LogP contribution in [-0.4, -0.2) is 37.9 Å². The number of hydrogen-bond donors (Lipinski definition) is 2. The Morgan fingerprint density at radius 3 is 2.63 bits per heavy atom. The summed E-state index contributed by atoms with van der Waals surface area (Å²) in [7, 11) is 3.52. The predicted octanol–water partition coefficient (Wildman–Crippen LogP) is 3.70. The minimum atomic E-state index is -0.832. The van der Waals surface area contributed by atoms with Crippen molar-refractivity contribution in [1.29, 1.82) is 0 Å². The molecule has 7 heteroatoms. The van der Waals surface area contributed by atoms with Gasteiger partial charge < -0.3 is 19.5 Å². The monoisotopic (exact) mass is 370 g/mol. The molecule has 27 heavy (non-hydrogen) atoms. The number of carbonyl (C=O) groups is 2. The van der Waals surface area contributed by atoms with Gasteiger partial charge in [0, 0.05) is 42.9 Å². The van der Waals surface area contributed by atoms with Gasteiger partial charge in [0.1, 0.15) is 11.5 Å². The van der Waals surface area contributed by atoms with Crippen molar-refractivity contribution in [2.45, 2.75) is 18.8 Å². The number of likely N-dealkylation sites (N-methyl/N-ethyl adjacent to an activating group) is 1. The molecule has 3 rings (SSSR count). The molecule has 7 nitrogen and oxygen atoms in total. The van der Waals surface area contributed by atoms with Gasteiger partial charge in [0.25, 0.3) is 0 Å². The van der Waals surface area contributed by atoms with E-state index in [9.17, 15) is 9.59 Å². The molecule has 0 aliphatic carbocycles. The van der Waals surface area contributed by atoms with Crippen LogP contribution in [0.25, 0.3) is 0 Å². The summed E-state index contributed by atoms with van der Waals surface area (Å²) in [6.07, 6.45) is -0.0302. The molecule has 0 bridgehead atoms. The van der Waals surface area contributed by atoms with Gasteiger partial charge in [-0.15, -0.1) is 0 Å². The highest BCUT2D eigenvalue weighted by Gasteiger charge is 2.30. The zero-order valence-corrected chi connectivity index (χ0v) is 15.3. The fraction of sp³-hybridized carbons (Fsp3) is 0.300. The molecule has 1 heterocycles. The molecule has 0 aromatic heterocycles. The Kier molecular flexibility index (Phi) is 5.49. The van der Waals surface area contributed by atoms with Crippen LogP contribution in [0.3, 0.4) is 0 Å². The number of carbonyl (C=O) groups excluding carboxylic acids is 1. The average molecular weight is 370 g/mol. The van der Waals surface area contributed by atoms with E-state index in [1.165, 1.54) is 0 Å². The van der Waals surface area contributed by atoms with Gasteiger partial charge in [0.2, 0.25) is 0 Å². The minimum Gasteiger partial charge on any atom is -0.497 e. The van der Waals surface area contributed by atoms with Crippen molar-refractivity contribution in [2.24, 2.45) is 0 Å². The molecular weight excluding hydrogens is 348 g/mol. The number of rotatable bonds is 6. The fourth-order valence-electron chi connectivity index (χ4n) is 3.34. The highest BCUT2D eigenvalue weighted by molar-refractivity contribution is 5.87. The second kappa shape index (κ2) is 7.99. The molecule has 0 saturated carbocycles. The number of carboxylic acid groups (broad SMARTS) is 1. The summed E-state index contributed by atoms with van der Waals surface area (Å²) in [6.45, 7) is 0.698. The molecule has 1 aliphatic rings. The molecular formula is C20H22N2O5. The highest BCUT2D eigenvalue weighted by Crippen LogP contribution is 2.43. The number of aliphatic carboxylic acids is 1. The van der Waals surface area contributed by atoms with Gasteiger partial charge in [-0.25, -0.2) is 4.79 Å². The van der Waals surface area contributed by atoms with Crippen LogP contribution < -0.4 is 19.7 Å². The third kappa shape index (κ3) is 4.31. The lowest BCUT2D eigenvalue weighted by Crippen LogP contribution is -2.18. The average Bonchev–Trinajstić information content (AvgIpc) is 2.97. The lowest BCUT2D eigenvalue weighted by Gasteiger charge is -2.14. The van der Waals surface area contributed by atoms with E-state index < -0.39 is 12.1 Å². The van der Waals surface area contributed by atoms with Crippen LogP contribution in [0.2, 0.25) is 0 Å². The molecule has 142 valence electrons. The first-order valence-corrected chi connectivity index (χ1v) is 8.66. The number of ether oxygens (including phenoxy) is 2. The summed E-state index contributed by atoms with van der Waals surface area (Å²) >= 11 is 0. The molecule has 1 aliphatic heterocycles. The zero-order valence-electron chi connectivity index (χ0n) is 15.3. The Morgan fingerprint density at radius 2 is 1.96 bits per heavy atom. The van der Waals surface area contributed by atoms with Crippen LogP contribution >= 0.6 is 0 Å². The Morgan fingerprint density at radius 1 is 1.22 bits per heavy atom. The number of benzene rings is 2. The number of hydrogen-bond acceptors (Lipinski definition) is 5. The molecule has 2 N–H and O–H groups in total. The van der Waals surface area contributed by atoms with Crippen molar-refractivity contribution in [1.82, 2.24) is 0 Å². The van der Waals surface area contributed by atoms with Crippen molar-refractivity contribution < 1.29 is 24.2 Å². The van der Waals surface area contributed by atoms with Crippen molar-refractivity contribution >= 4 is 23.4 Å². The van der Waals surface area contributed by atoms with Gasteiger partial charge in [-0.05, 0) is 42.8 Å². The van der Waals surface area contributed by atoms with Crippen LogP contribution in [-0.2, 0) is 4.79 Å². The standard InChI is InChI=1S/C20H22N2O5/c1-22-12-13(6-11-18(23)24)19-16(22)4-3-5-17(19)27-20(25)21-14-7-9-15(26-2)10-8-14/h3-5,7-10,13H,6,11-12H2,1-2H3,(H,21,25)(H,23,24). The topological polar surface area (TPSA) is 88.1 Å². The Hall–Kier alpha value is -3.22. The Bertz CT molecular complexity index is 835. The van der Waals surface area contributed by atoms with E-state index >= 15 is 0 Å². The molecule has 2 aromatic rings. The molecule has 0 radical (unpaired) electrons. The number of amides is 1. The van der Waals surface area contributed by atoms with Gasteiger partial charge in [0.15, 0.2) is 0 Å². The smallest absolute Gasteiger partial charge is 0.417 e. The van der Waals surface area contributed by atoms with Gasteiger partial charge in [-0.2, -0.15) is 0 Å². The first-order chi connectivity index (χ1) is 13.0. The number of methoxy groups -OCH3 is 1. The van der Waals surface area contributed by atoms with E-state index in [0.717, 1.165) is 11.3 Å². The van der Waals surface area contributed by atoms with E-state index in [1.807, 2.05) is 19.2 Å². The Balaban J connectivity index is 1.75. The van der Waals surface area contributed by atoms with Crippen molar-refractivity contribution in [3.8, 4) is 11.5 Å². The molecule has 1 amide bonds. The number of nitrogens with one attached hydrogen (secondary N) is 1. The quantitative estimate of drug-likeness (QED) is 0.806. The fourth-order valence-corrected chi connectivity index (χ4v) is 3.34. The molecule has 0 spiro atoms. The van der Waals surface area contributed by atoms with Gasteiger partial charge in [0.05, 0.1) is 7.11 Å². The summed E-state index contributed by atoms with van der Waals surface area (Å²) in [4.78, 5) is 25.3. The van der Waals surface area contributed by atoms with E-state index in [0.29, 0.717) is 30.2 Å². The third-order valence-electron chi connectivity index (χ3n) is 4.60. The molecule has 0 saturated heterocycles. The summed E-state index contributed by atoms with van der Waals surface area (Å²) in [6, 6.07) is 12.4. The number of anilines is 2. The van der Waals surface area contributed by atoms with Gasteiger partial charge in [-0.3, -0.25) is 10.1 Å². The molecule has 1 atom stereocenters. The van der Waals surface area contributed by atoms with Crippen LogP contribution in [0.15, 0.2) is 42.5 Å². The first kappa shape index (κ1) is 18.6. The van der Waals surface area contributed by atoms with E-state index in [2.05, 4.69) is 10.2 Å². The van der Waals surface area contributed by atoms with Gasteiger partial charge in [-0.1, -0.05) is 6.07 Å². The van der Waals surface area contributed by atoms with E-state index in [1.54, 1.807) is 37.4 Å². The van der Waals surface area contributed by atoms with Crippen molar-refractivity contribution in [3.05, 3.63) is 48.0 Å². The van der Waals surface area contributed by atoms with E-state index in [4.69, 9.17) is 14.6 Å². The number of nitrogens with zero attached hydrogens (tertiary/aromatic N) is 1. The molecule has 0 fully saturated rings. The van der Waals surface area contributed by atoms with Crippen LogP contribution in [0.5, 0.6) is 11.5 Å². The molecule has 1 unspecified atom stereocenters. The van der Waals surface area contributed by atoms with E-state index in [-0.39, 0.29) is 12.3 Å². The maximum Gasteiger partial charge on any atom is 0.417 e. The first-order valence-electron chi connectivity index (χ1n) is 8.66. The van der Waals surface area contributed by atoms with Crippen LogP contribution in [0, 0.1) is 0 Å².